The van der Waals surface area contributed by atoms with Gasteiger partial charge < -0.3 is 19.7 Å². The van der Waals surface area contributed by atoms with Gasteiger partial charge in [-0.2, -0.15) is 0 Å². The molecule has 0 spiro atoms. The predicted octanol–water partition coefficient (Wildman–Crippen LogP) is 2.28. The third-order valence-electron chi connectivity index (χ3n) is 6.00. The first kappa shape index (κ1) is 21.1. The zero-order valence-corrected chi connectivity index (χ0v) is 16.5. The number of nitrogens with zero attached hydrogens (tertiary/aromatic N) is 1. The maximum absolute atomic E-state index is 13.8. The Kier molecular flexibility index (Phi) is 5.12. The van der Waals surface area contributed by atoms with Gasteiger partial charge in [-0.25, -0.2) is 13.2 Å². The molecule has 2 aliphatic rings. The molecule has 2 aromatic rings. The lowest BCUT2D eigenvalue weighted by molar-refractivity contribution is -0.0740. The van der Waals surface area contributed by atoms with Crippen molar-refractivity contribution >= 4 is 11.7 Å². The number of aromatic nitrogens is 1. The second-order valence-electron chi connectivity index (χ2n) is 7.96. The van der Waals surface area contributed by atoms with Crippen molar-refractivity contribution in [1.82, 2.24) is 9.88 Å². The molecule has 31 heavy (non-hydrogen) atoms. The molecular formula is C21H19F3N2O5. The molecule has 1 fully saturated rings. The van der Waals surface area contributed by atoms with E-state index in [0.717, 1.165) is 6.20 Å². The molecule has 2 atom stereocenters. The highest BCUT2D eigenvalue weighted by molar-refractivity contribution is 6.03. The van der Waals surface area contributed by atoms with E-state index in [2.05, 4.69) is 5.32 Å². The van der Waals surface area contributed by atoms with Crippen molar-refractivity contribution < 1.29 is 32.6 Å². The van der Waals surface area contributed by atoms with E-state index in [1.165, 1.54) is 4.57 Å². The number of ketones is 1. The zero-order valence-electron chi connectivity index (χ0n) is 16.5. The first-order valence-corrected chi connectivity index (χ1v) is 9.68. The fourth-order valence-electron chi connectivity index (χ4n) is 4.17. The number of aromatic hydroxyl groups is 1. The molecule has 2 N–H and O–H groups in total. The van der Waals surface area contributed by atoms with Gasteiger partial charge in [-0.1, -0.05) is 0 Å². The summed E-state index contributed by atoms with van der Waals surface area (Å²) in [4.78, 5) is 38.1. The number of nitrogens with one attached hydrogen (secondary N) is 1. The fraction of sp³-hybridized carbons (Fsp3) is 0.381. The van der Waals surface area contributed by atoms with E-state index in [9.17, 15) is 32.7 Å². The molecule has 1 saturated heterocycles. The number of pyridine rings is 1. The number of carbonyl (C=O) groups is 2. The van der Waals surface area contributed by atoms with E-state index in [1.54, 1.807) is 6.92 Å². The Morgan fingerprint density at radius 1 is 1.29 bits per heavy atom. The maximum atomic E-state index is 13.8. The third-order valence-corrected chi connectivity index (χ3v) is 6.00. The fourth-order valence-corrected chi connectivity index (χ4v) is 4.17. The number of rotatable bonds is 3. The van der Waals surface area contributed by atoms with E-state index in [0.29, 0.717) is 31.6 Å². The topological polar surface area (TPSA) is 97.6 Å². The molecule has 7 nitrogen and oxygen atoms in total. The highest BCUT2D eigenvalue weighted by atomic mass is 19.1. The minimum Gasteiger partial charge on any atom is -0.503 e. The van der Waals surface area contributed by atoms with Crippen LogP contribution in [0.5, 0.6) is 5.75 Å². The van der Waals surface area contributed by atoms with Crippen LogP contribution < -0.4 is 10.7 Å². The first-order valence-electron chi connectivity index (χ1n) is 9.68. The van der Waals surface area contributed by atoms with Gasteiger partial charge in [0.2, 0.25) is 5.43 Å². The van der Waals surface area contributed by atoms with Gasteiger partial charge in [0.15, 0.2) is 11.5 Å². The zero-order chi connectivity index (χ0) is 22.5. The third kappa shape index (κ3) is 3.40. The summed E-state index contributed by atoms with van der Waals surface area (Å²) >= 11 is 0. The minimum atomic E-state index is -1.19. The van der Waals surface area contributed by atoms with Crippen molar-refractivity contribution in [2.45, 2.75) is 39.0 Å². The normalized spacial score (nSPS) is 22.6. The molecule has 0 bridgehead atoms. The highest BCUT2D eigenvalue weighted by Crippen LogP contribution is 2.42. The first-order chi connectivity index (χ1) is 14.6. The van der Waals surface area contributed by atoms with Crippen LogP contribution >= 0.6 is 0 Å². The van der Waals surface area contributed by atoms with Crippen LogP contribution in [0, 0.1) is 22.9 Å². The van der Waals surface area contributed by atoms with Gasteiger partial charge in [0.05, 0.1) is 18.1 Å². The summed E-state index contributed by atoms with van der Waals surface area (Å²) in [5.74, 6) is -5.81. The van der Waals surface area contributed by atoms with Crippen LogP contribution in [0.15, 0.2) is 23.1 Å². The summed E-state index contributed by atoms with van der Waals surface area (Å²) in [5.41, 5.74) is -3.24. The number of Topliss-reactive ketones (excluding diaryl/α,β-unsaturated/α-hetero) is 1. The van der Waals surface area contributed by atoms with Crippen LogP contribution in [0.4, 0.5) is 13.2 Å². The predicted molar refractivity (Wildman–Crippen MR) is 101 cm³/mol. The number of halogens is 3. The van der Waals surface area contributed by atoms with Gasteiger partial charge >= 0.3 is 0 Å². The van der Waals surface area contributed by atoms with Gasteiger partial charge in [0.25, 0.3) is 5.91 Å². The molecule has 1 aromatic carbocycles. The van der Waals surface area contributed by atoms with Crippen LogP contribution in [0.2, 0.25) is 0 Å². The number of carbonyl (C=O) groups excluding carboxylic acids is 2. The van der Waals surface area contributed by atoms with Gasteiger partial charge in [-0.3, -0.25) is 14.4 Å². The Hall–Kier alpha value is -3.14. The molecule has 164 valence electrons. The van der Waals surface area contributed by atoms with E-state index >= 15 is 0 Å². The summed E-state index contributed by atoms with van der Waals surface area (Å²) in [6.07, 6.45) is 1.85. The number of ether oxygens (including phenoxy) is 1. The molecule has 10 heteroatoms. The van der Waals surface area contributed by atoms with Crippen LogP contribution in [0.1, 0.15) is 46.2 Å². The molecule has 0 saturated carbocycles. The van der Waals surface area contributed by atoms with Crippen molar-refractivity contribution in [2.24, 2.45) is 5.41 Å². The molecule has 0 unspecified atom stereocenters. The van der Waals surface area contributed by atoms with Crippen LogP contribution in [0.3, 0.4) is 0 Å². The molecule has 0 aliphatic carbocycles. The smallest absolute Gasteiger partial charge is 0.257 e. The van der Waals surface area contributed by atoms with E-state index in [-0.39, 0.29) is 12.2 Å². The Bertz CT molecular complexity index is 1140. The number of amides is 1. The van der Waals surface area contributed by atoms with Crippen molar-refractivity contribution in [2.75, 3.05) is 6.61 Å². The van der Waals surface area contributed by atoms with Crippen LogP contribution in [0.25, 0.3) is 0 Å². The summed E-state index contributed by atoms with van der Waals surface area (Å²) < 4.78 is 47.6. The van der Waals surface area contributed by atoms with Gasteiger partial charge in [-0.15, -0.1) is 0 Å². The highest BCUT2D eigenvalue weighted by Gasteiger charge is 2.49. The number of benzene rings is 1. The van der Waals surface area contributed by atoms with E-state index < -0.39 is 69.5 Å². The molecular weight excluding hydrogens is 417 g/mol. The quantitative estimate of drug-likeness (QED) is 0.770. The van der Waals surface area contributed by atoms with E-state index in [4.69, 9.17) is 4.74 Å². The van der Waals surface area contributed by atoms with Crippen molar-refractivity contribution in [3.63, 3.8) is 0 Å². The molecule has 2 aliphatic heterocycles. The minimum absolute atomic E-state index is 0.146. The largest absolute Gasteiger partial charge is 0.503 e. The van der Waals surface area contributed by atoms with Gasteiger partial charge in [-0.05, 0) is 19.8 Å². The molecule has 4 rings (SSSR count). The second-order valence-corrected chi connectivity index (χ2v) is 7.96. The van der Waals surface area contributed by atoms with Crippen LogP contribution in [-0.2, 0) is 17.8 Å². The van der Waals surface area contributed by atoms with Crippen molar-refractivity contribution in [3.8, 4) is 5.75 Å². The lowest BCUT2D eigenvalue weighted by atomic mass is 9.71. The maximum Gasteiger partial charge on any atom is 0.257 e. The molecule has 1 amide bonds. The summed E-state index contributed by atoms with van der Waals surface area (Å²) in [5, 5.41) is 12.6. The van der Waals surface area contributed by atoms with E-state index in [1.807, 2.05) is 0 Å². The average Bonchev–Trinajstić information content (AvgIpc) is 2.70. The summed E-state index contributed by atoms with van der Waals surface area (Å²) in [7, 11) is 0. The van der Waals surface area contributed by atoms with Crippen LogP contribution in [-0.4, -0.2) is 34.1 Å². The summed E-state index contributed by atoms with van der Waals surface area (Å²) in [6.45, 7) is 1.69. The number of hydrogen-bond acceptors (Lipinski definition) is 5. The molecule has 1 aromatic heterocycles. The number of fused-ring (bicyclic) bond motifs is 2. The Morgan fingerprint density at radius 2 is 1.97 bits per heavy atom. The standard InChI is InChI=1S/C21H19F3N2O5/c1-21-3-2-4-31-15(21)9-26-8-12(17(27)18(28)16(26)19(21)29)20(30)25-7-11-13(23)5-10(22)6-14(11)24/h5-6,8,15,28H,2-4,7,9H2,1H3,(H,25,30)/t15-,21-/m0/s1. The van der Waals surface area contributed by atoms with Gasteiger partial charge in [0.1, 0.15) is 28.7 Å². The second kappa shape index (κ2) is 7.52. The lowest BCUT2D eigenvalue weighted by Gasteiger charge is -2.44. The Morgan fingerprint density at radius 3 is 2.65 bits per heavy atom. The summed E-state index contributed by atoms with van der Waals surface area (Å²) in [6, 6.07) is 0.938. The SMILES string of the molecule is C[C@]12CCCO[C@H]1Cn1cc(C(=O)NCc3c(F)cc(F)cc3F)c(=O)c(O)c1C2=O. The van der Waals surface area contributed by atoms with Crippen molar-refractivity contribution in [1.29, 1.82) is 0 Å². The number of hydrogen-bond donors (Lipinski definition) is 2. The molecule has 0 radical (unpaired) electrons. The Balaban J connectivity index is 1.65. The van der Waals surface area contributed by atoms with Crippen molar-refractivity contribution in [3.05, 3.63) is 62.8 Å². The average molecular weight is 436 g/mol. The monoisotopic (exact) mass is 436 g/mol. The lowest BCUT2D eigenvalue weighted by Crippen LogP contribution is -2.52. The van der Waals surface area contributed by atoms with Gasteiger partial charge in [0, 0.05) is 37.0 Å². The Labute approximate surface area is 174 Å². The molecule has 3 heterocycles.